The van der Waals surface area contributed by atoms with Gasteiger partial charge in [0.2, 0.25) is 5.91 Å². The van der Waals surface area contributed by atoms with Gasteiger partial charge in [-0.1, -0.05) is 294 Å². The van der Waals surface area contributed by atoms with Crippen molar-refractivity contribution < 1.29 is 24.5 Å². The largest absolute Gasteiger partial charge is 0.466 e. The van der Waals surface area contributed by atoms with Crippen LogP contribution in [-0.2, 0) is 14.3 Å². The zero-order chi connectivity index (χ0) is 53.6. The van der Waals surface area contributed by atoms with Crippen LogP contribution in [0.2, 0.25) is 0 Å². The van der Waals surface area contributed by atoms with Gasteiger partial charge in [-0.15, -0.1) is 0 Å². The number of aliphatic hydroxyl groups excluding tert-OH is 2. The van der Waals surface area contributed by atoms with Gasteiger partial charge in [-0.05, 0) is 89.9 Å². The zero-order valence-corrected chi connectivity index (χ0v) is 49.6. The van der Waals surface area contributed by atoms with E-state index in [0.29, 0.717) is 25.9 Å². The van der Waals surface area contributed by atoms with E-state index in [-0.39, 0.29) is 18.5 Å². The summed E-state index contributed by atoms with van der Waals surface area (Å²) in [4.78, 5) is 24.6. The summed E-state index contributed by atoms with van der Waals surface area (Å²) in [5.74, 6) is -0.0633. The average Bonchev–Trinajstić information content (AvgIpc) is 3.40. The van der Waals surface area contributed by atoms with Gasteiger partial charge in [0.1, 0.15) is 0 Å². The number of hydrogen-bond donors (Lipinski definition) is 3. The lowest BCUT2D eigenvalue weighted by Crippen LogP contribution is -2.45. The molecule has 0 aromatic carbocycles. The number of hydrogen-bond acceptors (Lipinski definition) is 5. The fourth-order valence-corrected chi connectivity index (χ4v) is 10.1. The number of allylic oxidation sites excluding steroid dienone is 8. The maximum Gasteiger partial charge on any atom is 0.305 e. The Bertz CT molecular complexity index is 1240. The Labute approximate surface area is 461 Å². The maximum absolute atomic E-state index is 12.5. The molecule has 0 rings (SSSR count). The molecule has 0 aliphatic carbocycles. The zero-order valence-electron chi connectivity index (χ0n) is 49.6. The predicted molar refractivity (Wildman–Crippen MR) is 324 cm³/mol. The summed E-state index contributed by atoms with van der Waals surface area (Å²) in [5.41, 5.74) is 0. The van der Waals surface area contributed by atoms with Crippen molar-refractivity contribution >= 4 is 11.9 Å². The third-order valence-corrected chi connectivity index (χ3v) is 15.1. The van der Waals surface area contributed by atoms with Crippen molar-refractivity contribution in [3.63, 3.8) is 0 Å². The molecule has 2 unspecified atom stereocenters. The van der Waals surface area contributed by atoms with Crippen LogP contribution in [0.4, 0.5) is 0 Å². The second kappa shape index (κ2) is 63.4. The molecule has 0 saturated carbocycles. The monoisotopic (exact) mass is 1040 g/mol. The number of aliphatic hydroxyl groups is 2. The fraction of sp³-hybridized carbons (Fsp3) is 0.853. The second-order valence-corrected chi connectivity index (χ2v) is 22.5. The minimum Gasteiger partial charge on any atom is -0.466 e. The van der Waals surface area contributed by atoms with Gasteiger partial charge in [0.15, 0.2) is 0 Å². The van der Waals surface area contributed by atoms with Gasteiger partial charge in [0, 0.05) is 12.8 Å². The topological polar surface area (TPSA) is 95.9 Å². The number of carbonyl (C=O) groups is 2. The molecule has 0 aliphatic heterocycles. The summed E-state index contributed by atoms with van der Waals surface area (Å²) < 4.78 is 5.46. The standard InChI is InChI=1S/C68H127NO5/c1-3-5-7-9-11-13-15-17-19-21-22-23-25-29-32-36-40-44-48-52-56-60-66(71)65(64-70)69-67(72)61-57-53-49-45-41-37-33-30-26-24-27-31-35-39-43-47-51-55-59-63-74-68(73)62-58-54-50-46-42-38-34-28-20-18-16-14-12-10-8-6-4-2/h12,14,18,20,31,35,39,43,65-66,70-71H,3-11,13,15-17,19,21-30,32-34,36-38,40-42,44-64H2,1-2H3,(H,69,72)/b14-12-,20-18-,35-31-,43-39-. The number of ether oxygens (including phenoxy) is 1. The molecule has 0 radical (unpaired) electrons. The third kappa shape index (κ3) is 59.1. The summed E-state index contributed by atoms with van der Waals surface area (Å²) in [5, 5.41) is 23.4. The van der Waals surface area contributed by atoms with E-state index in [9.17, 15) is 19.8 Å². The number of carbonyl (C=O) groups excluding carboxylic acids is 2. The van der Waals surface area contributed by atoms with Crippen LogP contribution < -0.4 is 5.32 Å². The lowest BCUT2D eigenvalue weighted by molar-refractivity contribution is -0.143. The molecule has 0 aromatic heterocycles. The van der Waals surface area contributed by atoms with E-state index in [0.717, 1.165) is 77.0 Å². The molecule has 3 N–H and O–H groups in total. The van der Waals surface area contributed by atoms with E-state index in [1.54, 1.807) is 0 Å². The maximum atomic E-state index is 12.5. The normalized spacial score (nSPS) is 12.9. The Morgan fingerprint density at radius 2 is 0.716 bits per heavy atom. The Balaban J connectivity index is 3.47. The average molecular weight is 1040 g/mol. The smallest absolute Gasteiger partial charge is 0.305 e. The van der Waals surface area contributed by atoms with E-state index >= 15 is 0 Å². The van der Waals surface area contributed by atoms with Crippen LogP contribution in [0.15, 0.2) is 48.6 Å². The van der Waals surface area contributed by atoms with E-state index in [2.05, 4.69) is 67.8 Å². The van der Waals surface area contributed by atoms with Crippen LogP contribution in [0.5, 0.6) is 0 Å². The van der Waals surface area contributed by atoms with Crippen molar-refractivity contribution in [1.82, 2.24) is 5.32 Å². The first-order valence-electron chi connectivity index (χ1n) is 32.9. The van der Waals surface area contributed by atoms with Crippen molar-refractivity contribution in [2.24, 2.45) is 0 Å². The van der Waals surface area contributed by atoms with Crippen molar-refractivity contribution in [1.29, 1.82) is 0 Å². The molecular formula is C68H127NO5. The highest BCUT2D eigenvalue weighted by Gasteiger charge is 2.20. The Morgan fingerprint density at radius 3 is 1.14 bits per heavy atom. The summed E-state index contributed by atoms with van der Waals surface area (Å²) in [7, 11) is 0. The molecule has 434 valence electrons. The Hall–Kier alpha value is -2.18. The molecule has 6 heteroatoms. The van der Waals surface area contributed by atoms with Gasteiger partial charge in [-0.25, -0.2) is 0 Å². The summed E-state index contributed by atoms with van der Waals surface area (Å²) in [6, 6.07) is -0.551. The van der Waals surface area contributed by atoms with Gasteiger partial charge < -0.3 is 20.3 Å². The number of rotatable bonds is 61. The SMILES string of the molecule is CCCCC/C=C\C/C=C\CCCCCCCCCC(=O)OCCCCC/C=C\C=C/CCCCCCCCCCCCC(=O)NC(CO)C(O)CCCCCCCCCCCCCCCCCCCCCCC. The molecule has 0 spiro atoms. The first kappa shape index (κ1) is 71.8. The van der Waals surface area contributed by atoms with E-state index in [4.69, 9.17) is 4.74 Å². The van der Waals surface area contributed by atoms with Crippen LogP contribution >= 0.6 is 0 Å². The Morgan fingerprint density at radius 1 is 0.392 bits per heavy atom. The molecule has 0 aromatic rings. The van der Waals surface area contributed by atoms with Gasteiger partial charge in [-0.2, -0.15) is 0 Å². The first-order valence-corrected chi connectivity index (χ1v) is 32.9. The molecule has 0 fully saturated rings. The first-order chi connectivity index (χ1) is 36.5. The number of unbranched alkanes of at least 4 members (excludes halogenated alkanes) is 43. The van der Waals surface area contributed by atoms with Crippen LogP contribution in [0, 0.1) is 0 Å². The van der Waals surface area contributed by atoms with E-state index in [1.807, 2.05) is 0 Å². The van der Waals surface area contributed by atoms with Gasteiger partial charge in [0.05, 0.1) is 25.4 Å². The molecule has 0 aliphatic rings. The molecule has 2 atom stereocenters. The highest BCUT2D eigenvalue weighted by atomic mass is 16.5. The van der Waals surface area contributed by atoms with Crippen molar-refractivity contribution in [3.05, 3.63) is 48.6 Å². The van der Waals surface area contributed by atoms with Crippen LogP contribution in [0.3, 0.4) is 0 Å². The molecule has 1 amide bonds. The lowest BCUT2D eigenvalue weighted by atomic mass is 10.0. The molecule has 74 heavy (non-hydrogen) atoms. The van der Waals surface area contributed by atoms with E-state index in [1.165, 1.54) is 238 Å². The molecule has 6 nitrogen and oxygen atoms in total. The lowest BCUT2D eigenvalue weighted by Gasteiger charge is -2.22. The number of esters is 1. The quantitative estimate of drug-likeness (QED) is 0.0244. The van der Waals surface area contributed by atoms with E-state index < -0.39 is 12.1 Å². The van der Waals surface area contributed by atoms with Gasteiger partial charge in [-0.3, -0.25) is 9.59 Å². The Kier molecular flexibility index (Phi) is 61.5. The third-order valence-electron chi connectivity index (χ3n) is 15.1. The highest BCUT2D eigenvalue weighted by Crippen LogP contribution is 2.18. The van der Waals surface area contributed by atoms with Crippen molar-refractivity contribution in [2.75, 3.05) is 13.2 Å². The minimum absolute atomic E-state index is 0.0208. The van der Waals surface area contributed by atoms with Gasteiger partial charge >= 0.3 is 5.97 Å². The van der Waals surface area contributed by atoms with Crippen LogP contribution in [-0.4, -0.2) is 47.4 Å². The molecule has 0 bridgehead atoms. The van der Waals surface area contributed by atoms with Crippen molar-refractivity contribution in [2.45, 2.75) is 360 Å². The summed E-state index contributed by atoms with van der Waals surface area (Å²) in [6.07, 6.45) is 81.3. The molecular weight excluding hydrogens is 911 g/mol. The number of amides is 1. The summed E-state index contributed by atoms with van der Waals surface area (Å²) in [6.45, 7) is 4.90. The predicted octanol–water partition coefficient (Wildman–Crippen LogP) is 20.9. The molecule has 0 saturated heterocycles. The van der Waals surface area contributed by atoms with Crippen molar-refractivity contribution in [3.8, 4) is 0 Å². The summed E-state index contributed by atoms with van der Waals surface area (Å²) >= 11 is 0. The fourth-order valence-electron chi connectivity index (χ4n) is 10.1. The number of nitrogens with one attached hydrogen (secondary N) is 1. The van der Waals surface area contributed by atoms with Crippen LogP contribution in [0.1, 0.15) is 348 Å². The minimum atomic E-state index is -0.673. The second-order valence-electron chi connectivity index (χ2n) is 22.5. The van der Waals surface area contributed by atoms with Gasteiger partial charge in [0.25, 0.3) is 0 Å². The highest BCUT2D eigenvalue weighted by molar-refractivity contribution is 5.76. The van der Waals surface area contributed by atoms with Crippen LogP contribution in [0.25, 0.3) is 0 Å². The molecule has 0 heterocycles.